The van der Waals surface area contributed by atoms with Crippen LogP contribution in [0.2, 0.25) is 0 Å². The number of carbonyl (C=O) groups is 2. The van der Waals surface area contributed by atoms with Gasteiger partial charge in [-0.3, -0.25) is 9.59 Å². The van der Waals surface area contributed by atoms with Gasteiger partial charge in [-0.05, 0) is 27.7 Å². The highest BCUT2D eigenvalue weighted by molar-refractivity contribution is 6.21. The molecule has 5 aliphatic rings. The Bertz CT molecular complexity index is 1240. The maximum absolute atomic E-state index is 14.5. The fraction of sp³-hybridized carbons (Fsp3) is 0.517. The second-order valence-electron chi connectivity index (χ2n) is 11.7. The number of allylic oxidation sites excluding steroid dienone is 2. The molecule has 6 nitrogen and oxygen atoms in total. The van der Waals surface area contributed by atoms with E-state index in [0.717, 1.165) is 5.57 Å². The number of benzene rings is 1. The van der Waals surface area contributed by atoms with Gasteiger partial charge in [0, 0.05) is 47.3 Å². The molecule has 0 aromatic heterocycles. The van der Waals surface area contributed by atoms with Gasteiger partial charge >= 0.3 is 0 Å². The maximum Gasteiger partial charge on any atom is 0.213 e. The van der Waals surface area contributed by atoms with E-state index in [2.05, 4.69) is 6.58 Å². The largest absolute Gasteiger partial charge is 0.507 e. The van der Waals surface area contributed by atoms with Gasteiger partial charge < -0.3 is 19.3 Å². The number of phenolic OH excluding ortho intramolecular Hbond substituents is 1. The summed E-state index contributed by atoms with van der Waals surface area (Å²) < 4.78 is 18.9. The number of aromatic hydroxyl groups is 1. The van der Waals surface area contributed by atoms with Crippen molar-refractivity contribution in [1.29, 1.82) is 0 Å². The van der Waals surface area contributed by atoms with E-state index in [1.165, 1.54) is 13.2 Å². The first kappa shape index (κ1) is 23.9. The molecule has 3 aliphatic carbocycles. The number of ketones is 2. The van der Waals surface area contributed by atoms with Crippen LogP contribution < -0.4 is 9.47 Å². The summed E-state index contributed by atoms with van der Waals surface area (Å²) >= 11 is 0. The molecule has 1 saturated carbocycles. The van der Waals surface area contributed by atoms with Crippen LogP contribution in [0.3, 0.4) is 0 Å². The number of Topliss-reactive ketones (excluding diaryl/α,β-unsaturated/α-hetero) is 2. The smallest absolute Gasteiger partial charge is 0.213 e. The highest BCUT2D eigenvalue weighted by atomic mass is 16.6. The molecule has 0 radical (unpaired) electrons. The van der Waals surface area contributed by atoms with Gasteiger partial charge in [0.25, 0.3) is 0 Å². The predicted octanol–water partition coefficient (Wildman–Crippen LogP) is 5.23. The SMILES string of the molecule is C=CC(C)(C)c1c(OC)cc(O)c2c1OC13CC4[C@@H](C=C1C2=O)[C@](CC=C(C)C)(OC4(C)C)C3=O. The summed E-state index contributed by atoms with van der Waals surface area (Å²) in [5.41, 5.74) is -1.74. The third-order valence-electron chi connectivity index (χ3n) is 8.51. The molecule has 1 saturated heterocycles. The lowest BCUT2D eigenvalue weighted by Gasteiger charge is -2.53. The molecule has 2 fully saturated rings. The topological polar surface area (TPSA) is 82.1 Å². The molecule has 2 unspecified atom stereocenters. The van der Waals surface area contributed by atoms with Gasteiger partial charge in [-0.1, -0.05) is 37.6 Å². The van der Waals surface area contributed by atoms with Gasteiger partial charge in [0.2, 0.25) is 11.6 Å². The van der Waals surface area contributed by atoms with Crippen molar-refractivity contribution in [2.45, 2.75) is 76.6 Å². The van der Waals surface area contributed by atoms with E-state index in [4.69, 9.17) is 14.2 Å². The molecule has 35 heavy (non-hydrogen) atoms. The van der Waals surface area contributed by atoms with Crippen LogP contribution in [0.25, 0.3) is 0 Å². The van der Waals surface area contributed by atoms with Crippen LogP contribution in [0, 0.1) is 11.8 Å². The fourth-order valence-corrected chi connectivity index (χ4v) is 6.64. The molecule has 6 heteroatoms. The first-order chi connectivity index (χ1) is 16.3. The number of hydrogen-bond donors (Lipinski definition) is 1. The van der Waals surface area contributed by atoms with E-state index in [9.17, 15) is 14.7 Å². The highest BCUT2D eigenvalue weighted by Gasteiger charge is 2.76. The summed E-state index contributed by atoms with van der Waals surface area (Å²) in [5, 5.41) is 10.9. The second-order valence-corrected chi connectivity index (χ2v) is 11.7. The minimum atomic E-state index is -1.47. The number of methoxy groups -OCH3 is 1. The predicted molar refractivity (Wildman–Crippen MR) is 132 cm³/mol. The van der Waals surface area contributed by atoms with Crippen LogP contribution in [-0.4, -0.2) is 40.6 Å². The van der Waals surface area contributed by atoms with Crippen LogP contribution in [0.1, 0.15) is 70.3 Å². The maximum atomic E-state index is 14.5. The Hall–Kier alpha value is -2.86. The summed E-state index contributed by atoms with van der Waals surface area (Å²) in [6.45, 7) is 15.8. The number of fused-ring (bicyclic) bond motifs is 1. The van der Waals surface area contributed by atoms with Crippen LogP contribution in [0.15, 0.2) is 42.0 Å². The molecular formula is C29H34O6. The van der Waals surface area contributed by atoms with E-state index < -0.39 is 22.2 Å². The molecule has 2 heterocycles. The van der Waals surface area contributed by atoms with E-state index in [0.29, 0.717) is 29.7 Å². The minimum absolute atomic E-state index is 0.000989. The number of rotatable bonds is 5. The van der Waals surface area contributed by atoms with Crippen LogP contribution in [0.4, 0.5) is 0 Å². The van der Waals surface area contributed by atoms with Crippen molar-refractivity contribution in [1.82, 2.24) is 0 Å². The van der Waals surface area contributed by atoms with Gasteiger partial charge in [-0.2, -0.15) is 0 Å². The van der Waals surface area contributed by atoms with Crippen molar-refractivity contribution in [3.05, 3.63) is 53.1 Å². The average Bonchev–Trinajstić information content (AvgIpc) is 2.98. The molecule has 1 aromatic rings. The van der Waals surface area contributed by atoms with Crippen molar-refractivity contribution in [2.24, 2.45) is 11.8 Å². The lowest BCUT2D eigenvalue weighted by atomic mass is 9.53. The minimum Gasteiger partial charge on any atom is -0.507 e. The first-order valence-corrected chi connectivity index (χ1v) is 12.2. The summed E-state index contributed by atoms with van der Waals surface area (Å²) in [4.78, 5) is 28.4. The van der Waals surface area contributed by atoms with Crippen LogP contribution in [0.5, 0.6) is 17.2 Å². The zero-order chi connectivity index (χ0) is 25.7. The second kappa shape index (κ2) is 7.10. The molecule has 1 N–H and O–H groups in total. The van der Waals surface area contributed by atoms with Crippen LogP contribution >= 0.6 is 0 Å². The number of phenols is 1. The van der Waals surface area contributed by atoms with Crippen molar-refractivity contribution in [3.63, 3.8) is 0 Å². The standard InChI is InChI=1S/C29H34O6/c1-9-26(4,5)22-20(33-8)13-19(30)21-23(31)17-12-16-18-14-29(17,34-24(21)22)25(32)28(16,11-10-15(2)3)35-27(18,6)7/h9-10,12-13,16,18,30H,1,11,14H2,2-8H3/t16-,18?,28+,29?/m1/s1. The number of carbonyl (C=O) groups excluding carboxylic acids is 2. The van der Waals surface area contributed by atoms with Crippen molar-refractivity contribution >= 4 is 11.6 Å². The third kappa shape index (κ3) is 2.86. The number of hydrogen-bond acceptors (Lipinski definition) is 6. The van der Waals surface area contributed by atoms with Crippen molar-refractivity contribution in [3.8, 4) is 17.2 Å². The van der Waals surface area contributed by atoms with E-state index in [1.807, 2.05) is 53.7 Å². The molecule has 0 amide bonds. The zero-order valence-electron chi connectivity index (χ0n) is 21.6. The summed E-state index contributed by atoms with van der Waals surface area (Å²) in [7, 11) is 1.50. The quantitative estimate of drug-likeness (QED) is 0.584. The fourth-order valence-electron chi connectivity index (χ4n) is 6.64. The lowest BCUT2D eigenvalue weighted by molar-refractivity contribution is -0.166. The van der Waals surface area contributed by atoms with E-state index in [-0.39, 0.29) is 40.5 Å². The van der Waals surface area contributed by atoms with Gasteiger partial charge in [0.15, 0.2) is 5.60 Å². The molecule has 2 aliphatic heterocycles. The summed E-state index contributed by atoms with van der Waals surface area (Å²) in [5.74, 6) is -0.491. The molecule has 6 rings (SSSR count). The Morgan fingerprint density at radius 3 is 2.60 bits per heavy atom. The Balaban J connectivity index is 1.79. The number of ether oxygens (including phenoxy) is 3. The highest BCUT2D eigenvalue weighted by Crippen LogP contribution is 2.65. The molecule has 1 spiro atoms. The van der Waals surface area contributed by atoms with Crippen molar-refractivity contribution < 1.29 is 28.9 Å². The van der Waals surface area contributed by atoms with Crippen LogP contribution in [-0.2, 0) is 14.9 Å². The van der Waals surface area contributed by atoms with Crippen molar-refractivity contribution in [2.75, 3.05) is 7.11 Å². The Labute approximate surface area is 206 Å². The first-order valence-electron chi connectivity index (χ1n) is 12.2. The molecule has 4 bridgehead atoms. The third-order valence-corrected chi connectivity index (χ3v) is 8.51. The zero-order valence-corrected chi connectivity index (χ0v) is 21.6. The lowest BCUT2D eigenvalue weighted by Crippen LogP contribution is -2.68. The normalized spacial score (nSPS) is 31.8. The molecule has 4 atom stereocenters. The Morgan fingerprint density at radius 1 is 1.31 bits per heavy atom. The Morgan fingerprint density at radius 2 is 2.00 bits per heavy atom. The monoisotopic (exact) mass is 478 g/mol. The van der Waals surface area contributed by atoms with Gasteiger partial charge in [0.05, 0.1) is 12.7 Å². The molecular weight excluding hydrogens is 444 g/mol. The average molecular weight is 479 g/mol. The summed E-state index contributed by atoms with van der Waals surface area (Å²) in [6, 6.07) is 1.44. The van der Waals surface area contributed by atoms with E-state index in [1.54, 1.807) is 6.08 Å². The van der Waals surface area contributed by atoms with Gasteiger partial charge in [-0.25, -0.2) is 0 Å². The van der Waals surface area contributed by atoms with E-state index >= 15 is 0 Å². The van der Waals surface area contributed by atoms with Gasteiger partial charge in [0.1, 0.15) is 28.4 Å². The molecule has 1 aromatic carbocycles. The molecule has 186 valence electrons. The Kier molecular flexibility index (Phi) is 4.84. The van der Waals surface area contributed by atoms with Gasteiger partial charge in [-0.15, -0.1) is 6.58 Å². The summed E-state index contributed by atoms with van der Waals surface area (Å²) in [6.07, 6.45) is 6.44.